The first kappa shape index (κ1) is 14.2. The normalized spacial score (nSPS) is 14.2. The first-order chi connectivity index (χ1) is 9.52. The van der Waals surface area contributed by atoms with Crippen LogP contribution in [0.15, 0.2) is 16.8 Å². The summed E-state index contributed by atoms with van der Waals surface area (Å²) in [6, 6.07) is 3.31. The quantitative estimate of drug-likeness (QED) is 0.643. The summed E-state index contributed by atoms with van der Waals surface area (Å²) >= 11 is 0. The number of nitrogens with one attached hydrogen (secondary N) is 1. The van der Waals surface area contributed by atoms with Gasteiger partial charge in [0.1, 0.15) is 0 Å². The topological polar surface area (TPSA) is 94.1 Å². The second-order valence-electron chi connectivity index (χ2n) is 5.15. The molecule has 0 spiro atoms. The number of aromatic nitrogens is 2. The summed E-state index contributed by atoms with van der Waals surface area (Å²) in [5, 5.41) is 21.6. The largest absolute Gasteiger partial charge is 0.381 e. The van der Waals surface area contributed by atoms with E-state index in [4.69, 9.17) is 0 Å². The molecule has 1 aromatic carbocycles. The number of non-ortho nitro benzene ring substituents is 1. The van der Waals surface area contributed by atoms with Crippen LogP contribution in [0.3, 0.4) is 0 Å². The third kappa shape index (κ3) is 2.87. The zero-order valence-electron chi connectivity index (χ0n) is 11.8. The Kier molecular flexibility index (Phi) is 4.16. The zero-order valence-corrected chi connectivity index (χ0v) is 11.8. The monoisotopic (exact) mass is 278 g/mol. The van der Waals surface area contributed by atoms with Crippen molar-refractivity contribution in [2.75, 3.05) is 5.32 Å². The molecule has 2 atom stereocenters. The van der Waals surface area contributed by atoms with Crippen LogP contribution in [-0.4, -0.2) is 21.3 Å². The Morgan fingerprint density at radius 3 is 2.70 bits per heavy atom. The molecule has 1 heterocycles. The Bertz CT molecular complexity index is 611. The number of nitro benzene ring substituents is 1. The molecule has 2 unspecified atom stereocenters. The fourth-order valence-corrected chi connectivity index (χ4v) is 2.21. The number of benzene rings is 1. The lowest BCUT2D eigenvalue weighted by molar-refractivity contribution is -0.383. The Hall–Kier alpha value is -2.18. The van der Waals surface area contributed by atoms with Crippen molar-refractivity contribution in [2.24, 2.45) is 5.92 Å². The van der Waals surface area contributed by atoms with Crippen LogP contribution < -0.4 is 5.32 Å². The molecule has 0 aliphatic carbocycles. The van der Waals surface area contributed by atoms with E-state index in [1.165, 1.54) is 6.07 Å². The molecule has 0 radical (unpaired) electrons. The lowest BCUT2D eigenvalue weighted by atomic mass is 10.00. The highest BCUT2D eigenvalue weighted by molar-refractivity contribution is 5.93. The van der Waals surface area contributed by atoms with Gasteiger partial charge >= 0.3 is 5.69 Å². The van der Waals surface area contributed by atoms with Crippen molar-refractivity contribution in [1.82, 2.24) is 10.3 Å². The third-order valence-corrected chi connectivity index (χ3v) is 3.45. The van der Waals surface area contributed by atoms with E-state index in [-0.39, 0.29) is 17.2 Å². The maximum Gasteiger partial charge on any atom is 0.300 e. The van der Waals surface area contributed by atoms with Gasteiger partial charge in [-0.1, -0.05) is 20.3 Å². The molecule has 0 aliphatic heterocycles. The van der Waals surface area contributed by atoms with E-state index < -0.39 is 4.92 Å². The lowest BCUT2D eigenvalue weighted by Crippen LogP contribution is -2.18. The minimum absolute atomic E-state index is 0.0959. The molecular formula is C13H18N4O3. The number of rotatable bonds is 6. The van der Waals surface area contributed by atoms with Crippen LogP contribution in [0.1, 0.15) is 33.6 Å². The van der Waals surface area contributed by atoms with Crippen LogP contribution >= 0.6 is 0 Å². The molecule has 0 amide bonds. The average molecular weight is 278 g/mol. The predicted molar refractivity (Wildman–Crippen MR) is 75.6 cm³/mol. The van der Waals surface area contributed by atoms with Gasteiger partial charge in [0.2, 0.25) is 5.52 Å². The van der Waals surface area contributed by atoms with Gasteiger partial charge in [-0.05, 0) is 35.6 Å². The minimum Gasteiger partial charge on any atom is -0.381 e. The summed E-state index contributed by atoms with van der Waals surface area (Å²) in [5.41, 5.74) is 1.19. The van der Waals surface area contributed by atoms with Gasteiger partial charge in [0.05, 0.1) is 10.6 Å². The molecule has 2 rings (SSSR count). The summed E-state index contributed by atoms with van der Waals surface area (Å²) < 4.78 is 4.64. The van der Waals surface area contributed by atoms with Gasteiger partial charge in [0.25, 0.3) is 0 Å². The molecule has 0 saturated carbocycles. The smallest absolute Gasteiger partial charge is 0.300 e. The fraction of sp³-hybridized carbons (Fsp3) is 0.538. The molecular weight excluding hydrogens is 260 g/mol. The summed E-state index contributed by atoms with van der Waals surface area (Å²) in [6.07, 6.45) is 2.13. The summed E-state index contributed by atoms with van der Waals surface area (Å²) in [5.74, 6) is 0.612. The zero-order chi connectivity index (χ0) is 14.7. The summed E-state index contributed by atoms with van der Waals surface area (Å²) in [4.78, 5) is 10.4. The van der Waals surface area contributed by atoms with E-state index in [2.05, 4.69) is 41.0 Å². The van der Waals surface area contributed by atoms with Gasteiger partial charge in [0.15, 0.2) is 5.52 Å². The molecule has 0 aliphatic rings. The number of fused-ring (bicyclic) bond motifs is 1. The Labute approximate surface area is 116 Å². The highest BCUT2D eigenvalue weighted by Gasteiger charge is 2.20. The van der Waals surface area contributed by atoms with Crippen LogP contribution in [0.5, 0.6) is 0 Å². The highest BCUT2D eigenvalue weighted by atomic mass is 16.6. The van der Waals surface area contributed by atoms with E-state index in [9.17, 15) is 10.1 Å². The minimum atomic E-state index is -0.487. The Balaban J connectivity index is 2.25. The van der Waals surface area contributed by atoms with Gasteiger partial charge < -0.3 is 5.32 Å². The van der Waals surface area contributed by atoms with Crippen molar-refractivity contribution < 1.29 is 9.55 Å². The molecule has 1 N–H and O–H groups in total. The van der Waals surface area contributed by atoms with Crippen molar-refractivity contribution >= 4 is 22.4 Å². The second-order valence-corrected chi connectivity index (χ2v) is 5.15. The maximum absolute atomic E-state index is 10.9. The van der Waals surface area contributed by atoms with Crippen LogP contribution in [0.2, 0.25) is 0 Å². The van der Waals surface area contributed by atoms with E-state index >= 15 is 0 Å². The molecule has 0 saturated heterocycles. The molecule has 108 valence electrons. The number of hydrogen-bond donors (Lipinski definition) is 1. The molecule has 7 heteroatoms. The van der Waals surface area contributed by atoms with Gasteiger partial charge in [-0.3, -0.25) is 10.1 Å². The standard InChI is InChI=1S/C13H18N4O3/c1-4-8(2)7-9(3)14-10-5-6-11(17(18)19)13-12(10)15-20-16-13/h5-6,8-9,14H,4,7H2,1-3H3. The van der Waals surface area contributed by atoms with E-state index in [1.807, 2.05) is 0 Å². The van der Waals surface area contributed by atoms with Crippen LogP contribution in [0, 0.1) is 16.0 Å². The van der Waals surface area contributed by atoms with Gasteiger partial charge in [0, 0.05) is 12.1 Å². The summed E-state index contributed by atoms with van der Waals surface area (Å²) in [7, 11) is 0. The molecule has 2 aromatic rings. The molecule has 20 heavy (non-hydrogen) atoms. The van der Waals surface area contributed by atoms with Crippen LogP contribution in [0.25, 0.3) is 11.0 Å². The number of nitrogens with zero attached hydrogens (tertiary/aromatic N) is 3. The van der Waals surface area contributed by atoms with Crippen LogP contribution in [-0.2, 0) is 0 Å². The van der Waals surface area contributed by atoms with Crippen molar-refractivity contribution in [3.05, 3.63) is 22.2 Å². The van der Waals surface area contributed by atoms with Crippen molar-refractivity contribution in [2.45, 2.75) is 39.7 Å². The number of hydrogen-bond acceptors (Lipinski definition) is 6. The Morgan fingerprint density at radius 1 is 1.35 bits per heavy atom. The fourth-order valence-electron chi connectivity index (χ4n) is 2.21. The predicted octanol–water partition coefficient (Wildman–Crippen LogP) is 3.37. The molecule has 7 nitrogen and oxygen atoms in total. The maximum atomic E-state index is 10.9. The van der Waals surface area contributed by atoms with Gasteiger partial charge in [-0.25, -0.2) is 4.63 Å². The number of nitro groups is 1. The molecule has 1 aromatic heterocycles. The van der Waals surface area contributed by atoms with Crippen LogP contribution in [0.4, 0.5) is 11.4 Å². The first-order valence-electron chi connectivity index (χ1n) is 6.69. The molecule has 0 fully saturated rings. The third-order valence-electron chi connectivity index (χ3n) is 3.45. The van der Waals surface area contributed by atoms with E-state index in [1.54, 1.807) is 6.07 Å². The SMILES string of the molecule is CCC(C)CC(C)Nc1ccc([N+](=O)[O-])c2nonc12. The van der Waals surface area contributed by atoms with Crippen molar-refractivity contribution in [3.63, 3.8) is 0 Å². The molecule has 0 bridgehead atoms. The van der Waals surface area contributed by atoms with E-state index in [0.29, 0.717) is 17.1 Å². The van der Waals surface area contributed by atoms with E-state index in [0.717, 1.165) is 12.8 Å². The van der Waals surface area contributed by atoms with Gasteiger partial charge in [-0.15, -0.1) is 0 Å². The lowest BCUT2D eigenvalue weighted by Gasteiger charge is -2.18. The van der Waals surface area contributed by atoms with Crippen molar-refractivity contribution in [3.8, 4) is 0 Å². The Morgan fingerprint density at radius 2 is 2.05 bits per heavy atom. The number of anilines is 1. The summed E-state index contributed by atoms with van der Waals surface area (Å²) in [6.45, 7) is 6.43. The average Bonchev–Trinajstić information content (AvgIpc) is 2.87. The second kappa shape index (κ2) is 5.85. The highest BCUT2D eigenvalue weighted by Crippen LogP contribution is 2.29. The van der Waals surface area contributed by atoms with Crippen molar-refractivity contribution in [1.29, 1.82) is 0 Å². The van der Waals surface area contributed by atoms with Gasteiger partial charge in [-0.2, -0.15) is 0 Å². The first-order valence-corrected chi connectivity index (χ1v) is 6.69.